The van der Waals surface area contributed by atoms with Gasteiger partial charge in [-0.3, -0.25) is 0 Å². The van der Waals surface area contributed by atoms with Gasteiger partial charge in [0.25, 0.3) is 0 Å². The molecule has 0 bridgehead atoms. The minimum atomic E-state index is -0.336. The summed E-state index contributed by atoms with van der Waals surface area (Å²) in [6.45, 7) is 1.92. The smallest absolute Gasteiger partial charge is 0.193 e. The Bertz CT molecular complexity index is 752. The fourth-order valence-electron chi connectivity index (χ4n) is 2.31. The van der Waals surface area contributed by atoms with E-state index in [0.29, 0.717) is 37.9 Å². The highest BCUT2D eigenvalue weighted by molar-refractivity contribution is 5.92. The molecule has 1 aliphatic rings. The summed E-state index contributed by atoms with van der Waals surface area (Å²) in [6, 6.07) is 11.5. The minimum absolute atomic E-state index is 0.261. The highest BCUT2D eigenvalue weighted by Crippen LogP contribution is 2.32. The van der Waals surface area contributed by atoms with Crippen LogP contribution in [0.15, 0.2) is 47.5 Å². The molecule has 3 rings (SSSR count). The fraction of sp³-hybridized carbons (Fsp3) is 0.278. The van der Waals surface area contributed by atoms with Crippen molar-refractivity contribution in [3.8, 4) is 17.2 Å². The largest absolute Gasteiger partial charge is 0.492 e. The molecule has 0 saturated heterocycles. The quantitative estimate of drug-likeness (QED) is 0.495. The van der Waals surface area contributed by atoms with Gasteiger partial charge in [0.15, 0.2) is 17.5 Å². The van der Waals surface area contributed by atoms with E-state index in [4.69, 9.17) is 19.9 Å². The van der Waals surface area contributed by atoms with Crippen LogP contribution >= 0.6 is 0 Å². The van der Waals surface area contributed by atoms with Crippen LogP contribution in [-0.2, 0) is 0 Å². The number of hydrogen-bond acceptors (Lipinski definition) is 4. The van der Waals surface area contributed by atoms with Crippen molar-refractivity contribution in [3.63, 3.8) is 0 Å². The number of ether oxygens (including phenoxy) is 3. The molecule has 7 heteroatoms. The van der Waals surface area contributed by atoms with Gasteiger partial charge in [-0.25, -0.2) is 9.38 Å². The number of rotatable bonds is 5. The first-order valence-electron chi connectivity index (χ1n) is 8.06. The molecule has 1 aliphatic heterocycles. The molecular formula is C18H20FN3O3. The first-order chi connectivity index (χ1) is 12.2. The van der Waals surface area contributed by atoms with Crippen LogP contribution in [0.4, 0.5) is 10.1 Å². The van der Waals surface area contributed by atoms with Crippen LogP contribution < -0.4 is 25.3 Å². The highest BCUT2D eigenvalue weighted by atomic mass is 19.1. The molecule has 2 aromatic rings. The van der Waals surface area contributed by atoms with Crippen LogP contribution in [0.1, 0.15) is 6.42 Å². The molecule has 0 amide bonds. The van der Waals surface area contributed by atoms with Crippen molar-refractivity contribution in [2.75, 3.05) is 31.7 Å². The second-order valence-electron chi connectivity index (χ2n) is 5.41. The van der Waals surface area contributed by atoms with E-state index in [-0.39, 0.29) is 11.8 Å². The highest BCUT2D eigenvalue weighted by Gasteiger charge is 2.10. The van der Waals surface area contributed by atoms with E-state index in [2.05, 4.69) is 10.3 Å². The zero-order chi connectivity index (χ0) is 17.5. The van der Waals surface area contributed by atoms with E-state index in [1.54, 1.807) is 12.1 Å². The third kappa shape index (κ3) is 5.00. The van der Waals surface area contributed by atoms with Crippen molar-refractivity contribution in [3.05, 3.63) is 48.3 Å². The maximum atomic E-state index is 13.0. The second-order valence-corrected chi connectivity index (χ2v) is 5.41. The van der Waals surface area contributed by atoms with Gasteiger partial charge in [0.2, 0.25) is 0 Å². The fourth-order valence-corrected chi connectivity index (χ4v) is 2.31. The van der Waals surface area contributed by atoms with Crippen LogP contribution in [0.5, 0.6) is 17.2 Å². The summed E-state index contributed by atoms with van der Waals surface area (Å²) in [5.74, 6) is 1.80. The third-order valence-corrected chi connectivity index (χ3v) is 3.46. The third-order valence-electron chi connectivity index (χ3n) is 3.46. The van der Waals surface area contributed by atoms with E-state index >= 15 is 0 Å². The van der Waals surface area contributed by atoms with Crippen LogP contribution in [0.25, 0.3) is 0 Å². The molecule has 132 valence electrons. The predicted molar refractivity (Wildman–Crippen MR) is 94.1 cm³/mol. The van der Waals surface area contributed by atoms with Gasteiger partial charge in [-0.05, 0) is 24.3 Å². The Hall–Kier alpha value is -2.96. The van der Waals surface area contributed by atoms with Gasteiger partial charge < -0.3 is 25.3 Å². The van der Waals surface area contributed by atoms with Crippen LogP contribution in [-0.4, -0.2) is 32.3 Å². The summed E-state index contributed by atoms with van der Waals surface area (Å²) in [6.07, 6.45) is 0.854. The lowest BCUT2D eigenvalue weighted by atomic mass is 10.3. The molecule has 25 heavy (non-hydrogen) atoms. The first kappa shape index (κ1) is 16.9. The molecule has 0 atom stereocenters. The molecule has 3 N–H and O–H groups in total. The zero-order valence-corrected chi connectivity index (χ0v) is 13.7. The minimum Gasteiger partial charge on any atom is -0.492 e. The Morgan fingerprint density at radius 1 is 1.16 bits per heavy atom. The van der Waals surface area contributed by atoms with E-state index in [0.717, 1.165) is 17.9 Å². The SMILES string of the molecule is NC(=NCCOc1cccc(F)c1)Nc1ccc2c(c1)OCCCO2. The molecule has 1 heterocycles. The van der Waals surface area contributed by atoms with Crippen LogP contribution in [0, 0.1) is 5.82 Å². The monoisotopic (exact) mass is 345 g/mol. The number of nitrogens with two attached hydrogens (primary N) is 1. The Labute approximate surface area is 145 Å². The van der Waals surface area contributed by atoms with Gasteiger partial charge in [-0.15, -0.1) is 0 Å². The van der Waals surface area contributed by atoms with E-state index in [1.807, 2.05) is 18.2 Å². The standard InChI is InChI=1S/C18H20FN3O3/c19-13-3-1-4-15(11-13)23-10-7-21-18(20)22-14-5-6-16-17(12-14)25-9-2-8-24-16/h1,3-6,11-12H,2,7-10H2,(H3,20,21,22). The molecule has 0 fully saturated rings. The number of halogens is 1. The summed E-state index contributed by atoms with van der Waals surface area (Å²) >= 11 is 0. The lowest BCUT2D eigenvalue weighted by Gasteiger charge is -2.11. The average molecular weight is 345 g/mol. The number of hydrogen-bond donors (Lipinski definition) is 2. The number of fused-ring (bicyclic) bond motifs is 1. The van der Waals surface area contributed by atoms with Crippen molar-refractivity contribution in [2.24, 2.45) is 10.7 Å². The molecule has 0 radical (unpaired) electrons. The van der Waals surface area contributed by atoms with Crippen LogP contribution in [0.2, 0.25) is 0 Å². The predicted octanol–water partition coefficient (Wildman–Crippen LogP) is 2.79. The summed E-state index contributed by atoms with van der Waals surface area (Å²) in [4.78, 5) is 4.18. The number of guanidine groups is 1. The number of nitrogens with zero attached hydrogens (tertiary/aromatic N) is 1. The molecule has 6 nitrogen and oxygen atoms in total. The molecule has 0 spiro atoms. The van der Waals surface area contributed by atoms with Gasteiger partial charge >= 0.3 is 0 Å². The van der Waals surface area contributed by atoms with Gasteiger partial charge in [0, 0.05) is 24.2 Å². The number of anilines is 1. The maximum absolute atomic E-state index is 13.0. The molecular weight excluding hydrogens is 325 g/mol. The number of benzene rings is 2. The van der Waals surface area contributed by atoms with Crippen molar-refractivity contribution in [2.45, 2.75) is 6.42 Å². The Morgan fingerprint density at radius 3 is 2.84 bits per heavy atom. The molecule has 0 unspecified atom stereocenters. The van der Waals surface area contributed by atoms with Gasteiger partial charge in [-0.1, -0.05) is 6.07 Å². The van der Waals surface area contributed by atoms with Crippen molar-refractivity contribution in [1.29, 1.82) is 0 Å². The maximum Gasteiger partial charge on any atom is 0.193 e. The summed E-state index contributed by atoms with van der Waals surface area (Å²) in [5.41, 5.74) is 6.63. The average Bonchev–Trinajstić information content (AvgIpc) is 2.84. The molecule has 0 saturated carbocycles. The van der Waals surface area contributed by atoms with Crippen molar-refractivity contribution >= 4 is 11.6 Å². The lowest BCUT2D eigenvalue weighted by molar-refractivity contribution is 0.297. The number of nitrogens with one attached hydrogen (secondary N) is 1. The van der Waals surface area contributed by atoms with Crippen molar-refractivity contribution in [1.82, 2.24) is 0 Å². The lowest BCUT2D eigenvalue weighted by Crippen LogP contribution is -2.23. The summed E-state index contributed by atoms with van der Waals surface area (Å²) in [7, 11) is 0. The Morgan fingerprint density at radius 2 is 2.00 bits per heavy atom. The van der Waals surface area contributed by atoms with Crippen molar-refractivity contribution < 1.29 is 18.6 Å². The van der Waals surface area contributed by atoms with Gasteiger partial charge in [0.05, 0.1) is 19.8 Å². The van der Waals surface area contributed by atoms with Gasteiger partial charge in [-0.2, -0.15) is 0 Å². The molecule has 2 aromatic carbocycles. The van der Waals surface area contributed by atoms with E-state index in [1.165, 1.54) is 12.1 Å². The summed E-state index contributed by atoms with van der Waals surface area (Å²) in [5, 5.41) is 3.00. The molecule has 0 aliphatic carbocycles. The zero-order valence-electron chi connectivity index (χ0n) is 13.7. The van der Waals surface area contributed by atoms with E-state index < -0.39 is 0 Å². The molecule has 0 aromatic heterocycles. The normalized spacial score (nSPS) is 13.9. The Kier molecular flexibility index (Phi) is 5.56. The van der Waals surface area contributed by atoms with Crippen LogP contribution in [0.3, 0.4) is 0 Å². The Balaban J connectivity index is 1.50. The number of aliphatic imine (C=N–C) groups is 1. The topological polar surface area (TPSA) is 78.1 Å². The second kappa shape index (κ2) is 8.23. The first-order valence-corrected chi connectivity index (χ1v) is 8.06. The van der Waals surface area contributed by atoms with Gasteiger partial charge in [0.1, 0.15) is 18.2 Å². The van der Waals surface area contributed by atoms with E-state index in [9.17, 15) is 4.39 Å². The summed E-state index contributed by atoms with van der Waals surface area (Å²) < 4.78 is 29.7.